The van der Waals surface area contributed by atoms with E-state index in [0.717, 1.165) is 103 Å². The standard InChI is InChI=1S/C17H26O3.C16H24O3.C15H22O3.C14H20O3.C13H16O4.C13H18O3/c1-5-6-7-8-11-19-17-12-15(14(2)3)9-10-16(17)20-13-18-4;1-5-6-7-10-18-16-11-14(13(2)3)8-9-15(16)19-12-17-4;1-11(2)12-7-8-13(17-10-16-6)14(9-12)18-15(3,4)5;1-10(2)12-6-7-13(16-9-15-5)14(8-12)17-11(3)4;1-9(2)11-5-6-12(16-8-15-4)13(7-11)17-10(3)14;1-5-15-13-8-11(10(2)3)6-7-12(13)16-9-14-4/h9-10,12H,2,5-8,11,13H2,1,3-4H3;8-9,11H,2,5-7,10,12H2,1,3-4H3;7-9H,1,10H2,2-6H3;6-8,11H,1,9H2,2-5H3;5-7H,1,8H2,2-4H3;6-8H,2,5,9H2,1,3-4H3. The maximum Gasteiger partial charge on any atom is 0.308 e. The number of methoxy groups -OCH3 is 6. The molecule has 0 fully saturated rings. The molecular formula is C88H126O19. The van der Waals surface area contributed by atoms with E-state index in [4.69, 9.17) is 85.3 Å². The van der Waals surface area contributed by atoms with E-state index in [0.29, 0.717) is 65.8 Å². The predicted octanol–water partition coefficient (Wildman–Crippen LogP) is 22.0. The lowest BCUT2D eigenvalue weighted by molar-refractivity contribution is -0.132. The van der Waals surface area contributed by atoms with Gasteiger partial charge in [-0.05, 0) is 202 Å². The summed E-state index contributed by atoms with van der Waals surface area (Å²) >= 11 is 0. The fourth-order valence-corrected chi connectivity index (χ4v) is 8.82. The maximum atomic E-state index is 11.0. The lowest BCUT2D eigenvalue weighted by Gasteiger charge is -2.23. The van der Waals surface area contributed by atoms with Crippen molar-refractivity contribution < 1.29 is 90.1 Å². The van der Waals surface area contributed by atoms with Gasteiger partial charge >= 0.3 is 5.97 Å². The summed E-state index contributed by atoms with van der Waals surface area (Å²) in [7, 11) is 9.49. The third-order valence-corrected chi connectivity index (χ3v) is 14.2. The fraction of sp³-hybridized carbons (Fsp3) is 0.443. The monoisotopic (exact) mass is 1490 g/mol. The van der Waals surface area contributed by atoms with E-state index in [2.05, 4.69) is 53.3 Å². The molecule has 6 aromatic carbocycles. The number of carbonyl (C=O) groups excluding carboxylic acids is 1. The van der Waals surface area contributed by atoms with E-state index in [9.17, 15) is 4.79 Å². The summed E-state index contributed by atoms with van der Waals surface area (Å²) in [5, 5.41) is 0. The lowest BCUT2D eigenvalue weighted by Crippen LogP contribution is -2.23. The van der Waals surface area contributed by atoms with Gasteiger partial charge in [-0.25, -0.2) is 0 Å². The van der Waals surface area contributed by atoms with Crippen LogP contribution >= 0.6 is 0 Å². The molecule has 0 aliphatic carbocycles. The zero-order chi connectivity index (χ0) is 80.3. The largest absolute Gasteiger partial charge is 0.490 e. The van der Waals surface area contributed by atoms with Gasteiger partial charge in [0.1, 0.15) is 5.60 Å². The molecule has 0 bridgehead atoms. The average Bonchev–Trinajstić information content (AvgIpc) is 0.867. The van der Waals surface area contributed by atoms with Crippen molar-refractivity contribution >= 4 is 39.4 Å². The van der Waals surface area contributed by atoms with E-state index in [1.54, 1.807) is 47.7 Å². The van der Waals surface area contributed by atoms with Crippen molar-refractivity contribution in [2.24, 2.45) is 0 Å². The second kappa shape index (κ2) is 55.2. The van der Waals surface area contributed by atoms with E-state index < -0.39 is 5.97 Å². The Hall–Kier alpha value is -9.21. The molecule has 0 N–H and O–H groups in total. The summed E-state index contributed by atoms with van der Waals surface area (Å²) in [6.45, 7) is 56.0. The molecule has 6 rings (SSSR count). The maximum absolute atomic E-state index is 11.0. The highest BCUT2D eigenvalue weighted by molar-refractivity contribution is 5.73. The van der Waals surface area contributed by atoms with Crippen molar-refractivity contribution in [1.29, 1.82) is 0 Å². The first-order valence-electron chi connectivity index (χ1n) is 35.9. The zero-order valence-electron chi connectivity index (χ0n) is 68.3. The van der Waals surface area contributed by atoms with Crippen LogP contribution < -0.4 is 56.8 Å². The van der Waals surface area contributed by atoms with Crippen molar-refractivity contribution in [2.45, 2.75) is 161 Å². The average molecular weight is 1490 g/mol. The van der Waals surface area contributed by atoms with Crippen LogP contribution in [0.2, 0.25) is 0 Å². The molecule has 0 unspecified atom stereocenters. The fourth-order valence-electron chi connectivity index (χ4n) is 8.82. The minimum atomic E-state index is -0.397. The van der Waals surface area contributed by atoms with Gasteiger partial charge in [0.15, 0.2) is 110 Å². The molecule has 0 spiro atoms. The van der Waals surface area contributed by atoms with Crippen molar-refractivity contribution in [3.05, 3.63) is 182 Å². The Morgan fingerprint density at radius 2 is 0.579 bits per heavy atom. The predicted molar refractivity (Wildman–Crippen MR) is 435 cm³/mol. The molecular weight excluding hydrogens is 1360 g/mol. The second-order valence-electron chi connectivity index (χ2n) is 25.8. The third kappa shape index (κ3) is 40.9. The molecule has 0 radical (unpaired) electrons. The van der Waals surface area contributed by atoms with Crippen molar-refractivity contribution in [3.63, 3.8) is 0 Å². The summed E-state index contributed by atoms with van der Waals surface area (Å²) in [6.07, 6.45) is 8.25. The third-order valence-electron chi connectivity index (χ3n) is 14.2. The Kier molecular flexibility index (Phi) is 49.5. The Labute approximate surface area is 641 Å². The molecule has 107 heavy (non-hydrogen) atoms. The zero-order valence-corrected chi connectivity index (χ0v) is 68.3. The van der Waals surface area contributed by atoms with Crippen LogP contribution in [0.25, 0.3) is 33.4 Å². The van der Waals surface area contributed by atoms with Crippen LogP contribution in [-0.2, 0) is 33.2 Å². The number of unbranched alkanes of at least 4 members (excludes halogenated alkanes) is 5. The highest BCUT2D eigenvalue weighted by Crippen LogP contribution is 2.37. The summed E-state index contributed by atoms with van der Waals surface area (Å²) in [4.78, 5) is 11.0. The van der Waals surface area contributed by atoms with Crippen molar-refractivity contribution in [2.75, 3.05) is 103 Å². The summed E-state index contributed by atoms with van der Waals surface area (Å²) in [6, 6.07) is 34.3. The number of rotatable bonds is 41. The number of carbonyl (C=O) groups is 1. The molecule has 0 amide bonds. The number of allylic oxidation sites excluding steroid dienone is 6. The number of hydrogen-bond acceptors (Lipinski definition) is 19. The van der Waals surface area contributed by atoms with Gasteiger partial charge in [-0.2, -0.15) is 0 Å². The van der Waals surface area contributed by atoms with Crippen LogP contribution in [0.15, 0.2) is 149 Å². The first-order valence-corrected chi connectivity index (χ1v) is 35.9. The number of hydrogen-bond donors (Lipinski definition) is 0. The van der Waals surface area contributed by atoms with Gasteiger partial charge in [0.05, 0.1) is 25.9 Å². The van der Waals surface area contributed by atoms with Crippen LogP contribution in [0.1, 0.15) is 182 Å². The molecule has 19 heteroatoms. The SMILES string of the molecule is C=C(C)c1ccc(OCOC)c(OC(C)(C)C)c1.C=C(C)c1ccc(OCOC)c(OC(C)=O)c1.C=C(C)c1ccc(OCOC)c(OC(C)C)c1.C=C(C)c1ccc(OCOC)c(OCC)c1.C=C(C)c1ccc(OCOC)c(OCCCCC)c1.C=C(C)c1ccc(OCOC)c(OCCCCCC)c1. The number of benzene rings is 6. The highest BCUT2D eigenvalue weighted by atomic mass is 16.7. The molecule has 0 heterocycles. The minimum Gasteiger partial charge on any atom is -0.490 e. The van der Waals surface area contributed by atoms with E-state index in [-0.39, 0.29) is 52.5 Å². The molecule has 0 aromatic heterocycles. The normalized spacial score (nSPS) is 10.3. The van der Waals surface area contributed by atoms with Crippen LogP contribution in [0.3, 0.4) is 0 Å². The molecule has 0 saturated heterocycles. The summed E-state index contributed by atoms with van der Waals surface area (Å²) < 4.78 is 95.8. The van der Waals surface area contributed by atoms with Crippen LogP contribution in [0.4, 0.5) is 0 Å². The van der Waals surface area contributed by atoms with Gasteiger partial charge in [-0.3, -0.25) is 4.79 Å². The summed E-state index contributed by atoms with van der Waals surface area (Å²) in [5.41, 5.74) is 11.8. The lowest BCUT2D eigenvalue weighted by atomic mass is 10.1. The van der Waals surface area contributed by atoms with Gasteiger partial charge < -0.3 is 85.3 Å². The molecule has 0 aliphatic heterocycles. The van der Waals surface area contributed by atoms with Gasteiger partial charge in [0.25, 0.3) is 0 Å². The molecule has 19 nitrogen and oxygen atoms in total. The summed E-state index contributed by atoms with van der Waals surface area (Å²) in [5.74, 6) is 7.59. The van der Waals surface area contributed by atoms with Crippen molar-refractivity contribution in [3.8, 4) is 69.0 Å². The van der Waals surface area contributed by atoms with Gasteiger partial charge in [0, 0.05) is 49.6 Å². The Balaban J connectivity index is 0.000000643. The molecule has 0 atom stereocenters. The topological polar surface area (TPSA) is 183 Å². The smallest absolute Gasteiger partial charge is 0.308 e. The van der Waals surface area contributed by atoms with Gasteiger partial charge in [0.2, 0.25) is 0 Å². The highest BCUT2D eigenvalue weighted by Gasteiger charge is 2.18. The molecule has 592 valence electrons. The van der Waals surface area contributed by atoms with E-state index in [1.807, 2.05) is 180 Å². The second-order valence-corrected chi connectivity index (χ2v) is 25.8. The van der Waals surface area contributed by atoms with Crippen LogP contribution in [0.5, 0.6) is 69.0 Å². The van der Waals surface area contributed by atoms with E-state index in [1.165, 1.54) is 46.1 Å². The van der Waals surface area contributed by atoms with E-state index >= 15 is 0 Å². The molecule has 6 aromatic rings. The molecule has 0 aliphatic rings. The van der Waals surface area contributed by atoms with Crippen molar-refractivity contribution in [1.82, 2.24) is 0 Å². The van der Waals surface area contributed by atoms with Crippen LogP contribution in [-0.4, -0.2) is 121 Å². The Morgan fingerprint density at radius 3 is 0.850 bits per heavy atom. The quantitative estimate of drug-likeness (QED) is 0.0153. The van der Waals surface area contributed by atoms with Gasteiger partial charge in [-0.15, -0.1) is 0 Å². The first kappa shape index (κ1) is 95.8. The number of esters is 1. The van der Waals surface area contributed by atoms with Crippen LogP contribution in [0, 0.1) is 0 Å². The molecule has 0 saturated carbocycles. The Bertz CT molecular complexity index is 3600. The Morgan fingerprint density at radius 1 is 0.327 bits per heavy atom. The first-order chi connectivity index (χ1) is 51.0. The number of ether oxygens (including phenoxy) is 18. The minimum absolute atomic E-state index is 0.0975. The van der Waals surface area contributed by atoms with Gasteiger partial charge in [-0.1, -0.05) is 155 Å².